The summed E-state index contributed by atoms with van der Waals surface area (Å²) in [6, 6.07) is 9.02. The van der Waals surface area contributed by atoms with E-state index in [4.69, 9.17) is 9.15 Å². The van der Waals surface area contributed by atoms with Gasteiger partial charge in [0, 0.05) is 16.7 Å². The number of anilines is 1. The molecule has 10 heteroatoms. The van der Waals surface area contributed by atoms with Crippen molar-refractivity contribution in [2.75, 3.05) is 17.7 Å². The summed E-state index contributed by atoms with van der Waals surface area (Å²) in [6.07, 6.45) is 1.56. The molecule has 0 aliphatic rings. The van der Waals surface area contributed by atoms with Gasteiger partial charge in [-0.25, -0.2) is 0 Å². The third-order valence-electron chi connectivity index (χ3n) is 3.91. The van der Waals surface area contributed by atoms with E-state index in [0.717, 1.165) is 10.0 Å². The summed E-state index contributed by atoms with van der Waals surface area (Å²) in [6.45, 7) is 4.16. The molecule has 3 aromatic rings. The number of nitrogens with zero attached hydrogens (tertiary/aromatic N) is 3. The number of nitrogens with one attached hydrogen (secondary N) is 1. The zero-order chi connectivity index (χ0) is 20.8. The molecule has 2 heterocycles. The third kappa shape index (κ3) is 5.48. The van der Waals surface area contributed by atoms with Crippen molar-refractivity contribution < 1.29 is 18.7 Å². The Balaban J connectivity index is 1.49. The Kier molecular flexibility index (Phi) is 7.10. The van der Waals surface area contributed by atoms with Crippen LogP contribution in [0.15, 0.2) is 50.6 Å². The molecule has 0 saturated heterocycles. The quantitative estimate of drug-likeness (QED) is 0.387. The van der Waals surface area contributed by atoms with Gasteiger partial charge in [-0.15, -0.1) is 10.2 Å². The summed E-state index contributed by atoms with van der Waals surface area (Å²) in [5, 5.41) is 11.5. The van der Waals surface area contributed by atoms with Gasteiger partial charge in [-0.2, -0.15) is 0 Å². The summed E-state index contributed by atoms with van der Waals surface area (Å²) in [4.78, 5) is 24.0. The minimum atomic E-state index is -0.513. The molecule has 0 fully saturated rings. The Morgan fingerprint density at radius 3 is 2.83 bits per heavy atom. The van der Waals surface area contributed by atoms with Gasteiger partial charge in [-0.05, 0) is 43.7 Å². The molecule has 0 aliphatic carbocycles. The zero-order valence-corrected chi connectivity index (χ0v) is 18.2. The average Bonchev–Trinajstić information content (AvgIpc) is 3.36. The third-order valence-corrected chi connectivity index (χ3v) is 5.71. The summed E-state index contributed by atoms with van der Waals surface area (Å²) >= 11 is 4.60. The van der Waals surface area contributed by atoms with E-state index in [1.807, 2.05) is 24.5 Å². The maximum atomic E-state index is 12.0. The van der Waals surface area contributed by atoms with Crippen LogP contribution >= 0.6 is 27.7 Å². The Morgan fingerprint density at radius 1 is 1.31 bits per heavy atom. The van der Waals surface area contributed by atoms with Crippen LogP contribution in [0, 0.1) is 6.92 Å². The van der Waals surface area contributed by atoms with Gasteiger partial charge in [0.2, 0.25) is 0 Å². The minimum absolute atomic E-state index is 0.0135. The second-order valence-electron chi connectivity index (χ2n) is 5.99. The molecule has 29 heavy (non-hydrogen) atoms. The van der Waals surface area contributed by atoms with Gasteiger partial charge in [0.15, 0.2) is 23.3 Å². The lowest BCUT2D eigenvalue weighted by Crippen LogP contribution is -2.21. The van der Waals surface area contributed by atoms with Crippen molar-refractivity contribution in [3.8, 4) is 11.6 Å². The number of furan rings is 1. The van der Waals surface area contributed by atoms with Crippen LogP contribution in [0.25, 0.3) is 11.6 Å². The highest BCUT2D eigenvalue weighted by Crippen LogP contribution is 2.24. The molecule has 0 aliphatic heterocycles. The van der Waals surface area contributed by atoms with Gasteiger partial charge >= 0.3 is 5.97 Å². The van der Waals surface area contributed by atoms with Gasteiger partial charge in [0.25, 0.3) is 5.91 Å². The fraction of sp³-hybridized carbons (Fsp3) is 0.263. The number of carbonyl (C=O) groups excluding carboxylic acids is 2. The minimum Gasteiger partial charge on any atom is -0.461 e. The Morgan fingerprint density at radius 2 is 2.14 bits per heavy atom. The average molecular weight is 479 g/mol. The van der Waals surface area contributed by atoms with Crippen LogP contribution in [0.2, 0.25) is 0 Å². The summed E-state index contributed by atoms with van der Waals surface area (Å²) in [5.41, 5.74) is 1.68. The molecule has 1 amide bonds. The number of aromatic nitrogens is 3. The van der Waals surface area contributed by atoms with Crippen molar-refractivity contribution in [1.82, 2.24) is 14.8 Å². The lowest BCUT2D eigenvalue weighted by Gasteiger charge is -2.08. The fourth-order valence-electron chi connectivity index (χ4n) is 2.45. The van der Waals surface area contributed by atoms with E-state index in [0.29, 0.717) is 29.0 Å². The molecule has 1 aromatic carbocycles. The molecule has 0 bridgehead atoms. The number of hydrogen-bond acceptors (Lipinski definition) is 7. The first-order chi connectivity index (χ1) is 14.0. The van der Waals surface area contributed by atoms with E-state index in [9.17, 15) is 9.59 Å². The van der Waals surface area contributed by atoms with E-state index < -0.39 is 11.9 Å². The number of halogens is 1. The highest BCUT2D eigenvalue weighted by atomic mass is 79.9. The number of carbonyl (C=O) groups is 2. The van der Waals surface area contributed by atoms with Crippen LogP contribution < -0.4 is 5.32 Å². The standard InChI is InChI=1S/C19H19BrN4O4S/c1-3-24-18(15-5-4-8-27-15)22-23-19(24)29-11-17(26)28-10-16(25)21-13-7-6-12(2)14(20)9-13/h4-9H,3,10-11H2,1-2H3,(H,21,25). The van der Waals surface area contributed by atoms with E-state index >= 15 is 0 Å². The summed E-state index contributed by atoms with van der Waals surface area (Å²) in [7, 11) is 0. The van der Waals surface area contributed by atoms with Crippen LogP contribution in [0.3, 0.4) is 0 Å². The van der Waals surface area contributed by atoms with Crippen LogP contribution in [0.5, 0.6) is 0 Å². The SMILES string of the molecule is CCn1c(SCC(=O)OCC(=O)Nc2ccc(C)c(Br)c2)nnc1-c1ccco1. The van der Waals surface area contributed by atoms with Crippen molar-refractivity contribution in [2.45, 2.75) is 25.5 Å². The number of benzene rings is 1. The number of ether oxygens (including phenoxy) is 1. The second-order valence-corrected chi connectivity index (χ2v) is 7.79. The first kappa shape index (κ1) is 21.1. The highest BCUT2D eigenvalue weighted by molar-refractivity contribution is 9.10. The molecular formula is C19H19BrN4O4S. The molecule has 0 radical (unpaired) electrons. The number of aryl methyl sites for hydroxylation is 1. The Labute approximate surface area is 180 Å². The first-order valence-corrected chi connectivity index (χ1v) is 10.6. The fourth-order valence-corrected chi connectivity index (χ4v) is 3.63. The molecule has 1 N–H and O–H groups in total. The largest absolute Gasteiger partial charge is 0.461 e. The smallest absolute Gasteiger partial charge is 0.316 e. The number of rotatable bonds is 8. The van der Waals surface area contributed by atoms with Crippen LogP contribution in [0.1, 0.15) is 12.5 Å². The van der Waals surface area contributed by atoms with Crippen LogP contribution in [-0.4, -0.2) is 39.0 Å². The Hall–Kier alpha value is -2.59. The van der Waals surface area contributed by atoms with Crippen molar-refractivity contribution in [1.29, 1.82) is 0 Å². The number of amides is 1. The molecular weight excluding hydrogens is 460 g/mol. The lowest BCUT2D eigenvalue weighted by atomic mass is 10.2. The maximum Gasteiger partial charge on any atom is 0.316 e. The van der Waals surface area contributed by atoms with Crippen molar-refractivity contribution in [3.05, 3.63) is 46.6 Å². The van der Waals surface area contributed by atoms with E-state index in [2.05, 4.69) is 31.4 Å². The van der Waals surface area contributed by atoms with Gasteiger partial charge in [-0.3, -0.25) is 14.2 Å². The molecule has 0 saturated carbocycles. The van der Waals surface area contributed by atoms with Crippen LogP contribution in [-0.2, 0) is 20.9 Å². The molecule has 152 valence electrons. The van der Waals surface area contributed by atoms with Gasteiger partial charge in [0.1, 0.15) is 0 Å². The van der Waals surface area contributed by atoms with Gasteiger partial charge < -0.3 is 14.5 Å². The Bertz CT molecular complexity index is 1000. The van der Waals surface area contributed by atoms with E-state index in [1.54, 1.807) is 30.5 Å². The van der Waals surface area contributed by atoms with Crippen molar-refractivity contribution >= 4 is 45.3 Å². The maximum absolute atomic E-state index is 12.0. The topological polar surface area (TPSA) is 99.2 Å². The summed E-state index contributed by atoms with van der Waals surface area (Å²) < 4.78 is 13.1. The molecule has 0 unspecified atom stereocenters. The van der Waals surface area contributed by atoms with E-state index in [1.165, 1.54) is 11.8 Å². The van der Waals surface area contributed by atoms with Crippen LogP contribution in [0.4, 0.5) is 5.69 Å². The zero-order valence-electron chi connectivity index (χ0n) is 15.8. The predicted octanol–water partition coefficient (Wildman–Crippen LogP) is 3.90. The molecule has 2 aromatic heterocycles. The lowest BCUT2D eigenvalue weighted by molar-refractivity contribution is -0.144. The van der Waals surface area contributed by atoms with E-state index in [-0.39, 0.29) is 12.4 Å². The first-order valence-electron chi connectivity index (χ1n) is 8.79. The molecule has 3 rings (SSSR count). The molecule has 0 atom stereocenters. The monoisotopic (exact) mass is 478 g/mol. The van der Waals surface area contributed by atoms with Crippen molar-refractivity contribution in [3.63, 3.8) is 0 Å². The predicted molar refractivity (Wildman–Crippen MR) is 113 cm³/mol. The number of thioether (sulfide) groups is 1. The number of hydrogen-bond donors (Lipinski definition) is 1. The molecule has 0 spiro atoms. The summed E-state index contributed by atoms with van der Waals surface area (Å²) in [5.74, 6) is 0.293. The molecule has 8 nitrogen and oxygen atoms in total. The normalized spacial score (nSPS) is 10.7. The second kappa shape index (κ2) is 9.75. The van der Waals surface area contributed by atoms with Crippen molar-refractivity contribution in [2.24, 2.45) is 0 Å². The highest BCUT2D eigenvalue weighted by Gasteiger charge is 2.17. The van der Waals surface area contributed by atoms with Gasteiger partial charge in [0.05, 0.1) is 12.0 Å². The van der Waals surface area contributed by atoms with Gasteiger partial charge in [-0.1, -0.05) is 33.8 Å². The number of esters is 1.